The summed E-state index contributed by atoms with van der Waals surface area (Å²) in [6, 6.07) is 96.8. The van der Waals surface area contributed by atoms with Crippen molar-refractivity contribution in [1.82, 2.24) is 4.57 Å². The van der Waals surface area contributed by atoms with Crippen LogP contribution in [0.2, 0.25) is 0 Å². The first-order valence-corrected chi connectivity index (χ1v) is 22.7. The summed E-state index contributed by atoms with van der Waals surface area (Å²) < 4.78 is 2.42. The van der Waals surface area contributed by atoms with Crippen molar-refractivity contribution < 1.29 is 0 Å². The maximum absolute atomic E-state index is 2.42. The van der Waals surface area contributed by atoms with Gasteiger partial charge in [-0.15, -0.1) is 0 Å². The van der Waals surface area contributed by atoms with Crippen LogP contribution in [-0.4, -0.2) is 4.57 Å². The molecular formula is C64H44N2. The first-order valence-electron chi connectivity index (χ1n) is 22.7. The fourth-order valence-corrected chi connectivity index (χ4v) is 9.77. The molecule has 0 fully saturated rings. The number of para-hydroxylation sites is 3. The molecule has 0 aliphatic rings. The normalized spacial score (nSPS) is 11.3. The Bertz CT molecular complexity index is 3620. The average molecular weight is 841 g/mol. The van der Waals surface area contributed by atoms with Gasteiger partial charge in [-0.05, 0) is 128 Å². The number of hydrogen-bond donors (Lipinski definition) is 0. The minimum absolute atomic E-state index is 1.08. The molecule has 0 atom stereocenters. The SMILES string of the molecule is c1ccc(-c2cccc(-c3ccc(N(c4ccc(-c5ccc6ccccc6c5)cc4)c4ccc(-c5ccccc5-c5ccccc5-n5c6ccccc6c6ccccc65)cc4)cc3)c2)cc1. The first-order chi connectivity index (χ1) is 32.7. The van der Waals surface area contributed by atoms with Crippen LogP contribution in [-0.2, 0) is 0 Å². The molecule has 1 heterocycles. The second-order valence-corrected chi connectivity index (χ2v) is 16.9. The van der Waals surface area contributed by atoms with Crippen LogP contribution < -0.4 is 4.90 Å². The molecule has 0 radical (unpaired) electrons. The summed E-state index contributed by atoms with van der Waals surface area (Å²) in [6.07, 6.45) is 0. The van der Waals surface area contributed by atoms with Crippen molar-refractivity contribution in [3.05, 3.63) is 267 Å². The fraction of sp³-hybridized carbons (Fsp3) is 0. The summed E-state index contributed by atoms with van der Waals surface area (Å²) in [5.41, 5.74) is 18.7. The van der Waals surface area contributed by atoms with Crippen LogP contribution in [0.1, 0.15) is 0 Å². The predicted molar refractivity (Wildman–Crippen MR) is 280 cm³/mol. The molecule has 2 nitrogen and oxygen atoms in total. The topological polar surface area (TPSA) is 8.17 Å². The van der Waals surface area contributed by atoms with Crippen LogP contribution in [0.25, 0.3) is 93.9 Å². The summed E-state index contributed by atoms with van der Waals surface area (Å²) >= 11 is 0. The second kappa shape index (κ2) is 16.8. The minimum atomic E-state index is 1.08. The van der Waals surface area contributed by atoms with E-state index in [1.807, 2.05) is 0 Å². The maximum Gasteiger partial charge on any atom is 0.0541 e. The van der Waals surface area contributed by atoms with Crippen molar-refractivity contribution in [2.75, 3.05) is 4.90 Å². The zero-order valence-corrected chi connectivity index (χ0v) is 36.3. The van der Waals surface area contributed by atoms with Crippen molar-refractivity contribution in [2.45, 2.75) is 0 Å². The number of hydrogen-bond acceptors (Lipinski definition) is 1. The van der Waals surface area contributed by atoms with Crippen molar-refractivity contribution in [2.24, 2.45) is 0 Å². The third-order valence-corrected chi connectivity index (χ3v) is 13.0. The van der Waals surface area contributed by atoms with E-state index in [9.17, 15) is 0 Å². The van der Waals surface area contributed by atoms with E-state index in [4.69, 9.17) is 0 Å². The fourth-order valence-electron chi connectivity index (χ4n) is 9.77. The Kier molecular flexibility index (Phi) is 9.89. The van der Waals surface area contributed by atoms with Gasteiger partial charge in [-0.25, -0.2) is 0 Å². The summed E-state index contributed by atoms with van der Waals surface area (Å²) in [5.74, 6) is 0. The largest absolute Gasteiger partial charge is 0.311 e. The van der Waals surface area contributed by atoms with Crippen molar-refractivity contribution >= 4 is 49.6 Å². The summed E-state index contributed by atoms with van der Waals surface area (Å²) in [6.45, 7) is 0. The summed E-state index contributed by atoms with van der Waals surface area (Å²) in [5, 5.41) is 5.00. The molecule has 2 heteroatoms. The van der Waals surface area contributed by atoms with Gasteiger partial charge in [-0.2, -0.15) is 0 Å². The zero-order chi connectivity index (χ0) is 43.8. The Morgan fingerprint density at radius 3 is 1.29 bits per heavy atom. The number of aromatic nitrogens is 1. The van der Waals surface area contributed by atoms with E-state index in [0.717, 1.165) is 28.3 Å². The molecule has 0 unspecified atom stereocenters. The monoisotopic (exact) mass is 840 g/mol. The van der Waals surface area contributed by atoms with Crippen LogP contribution >= 0.6 is 0 Å². The third kappa shape index (κ3) is 7.12. The molecule has 66 heavy (non-hydrogen) atoms. The van der Waals surface area contributed by atoms with E-state index in [1.54, 1.807) is 0 Å². The van der Waals surface area contributed by atoms with Gasteiger partial charge < -0.3 is 9.47 Å². The Balaban J connectivity index is 0.928. The van der Waals surface area contributed by atoms with Crippen molar-refractivity contribution in [3.63, 3.8) is 0 Å². The molecular weight excluding hydrogens is 797 g/mol. The lowest BCUT2D eigenvalue weighted by Crippen LogP contribution is -2.09. The zero-order valence-electron chi connectivity index (χ0n) is 36.3. The second-order valence-electron chi connectivity index (χ2n) is 16.9. The van der Waals surface area contributed by atoms with Crippen LogP contribution in [0.3, 0.4) is 0 Å². The van der Waals surface area contributed by atoms with Gasteiger partial charge in [0.25, 0.3) is 0 Å². The number of anilines is 3. The first kappa shape index (κ1) is 38.9. The maximum atomic E-state index is 2.42. The highest BCUT2D eigenvalue weighted by Crippen LogP contribution is 2.42. The highest BCUT2D eigenvalue weighted by Gasteiger charge is 2.19. The molecule has 11 aromatic carbocycles. The average Bonchev–Trinajstić information content (AvgIpc) is 3.74. The number of nitrogens with zero attached hydrogens (tertiary/aromatic N) is 2. The van der Waals surface area contributed by atoms with Gasteiger partial charge in [-0.1, -0.05) is 200 Å². The molecule has 0 saturated carbocycles. The Hall–Kier alpha value is -8.72. The standard InChI is InChI=1S/C64H44N2/c1-2-15-45(16-3-1)51-19-14-20-52(43-51)47-31-37-54(38-32-47)65(55-39-33-48(34-40-55)53-30-29-46-17-4-5-18-50(46)44-53)56-41-35-49(36-42-56)57-21-6-7-22-58(57)59-23-8-11-26-62(59)66-63-27-12-9-24-60(63)61-25-10-13-28-64(61)66/h1-44H. The lowest BCUT2D eigenvalue weighted by Gasteiger charge is -2.26. The van der Waals surface area contributed by atoms with Gasteiger partial charge in [0.1, 0.15) is 0 Å². The lowest BCUT2D eigenvalue weighted by atomic mass is 9.93. The molecule has 12 aromatic rings. The third-order valence-electron chi connectivity index (χ3n) is 13.0. The van der Waals surface area contributed by atoms with Gasteiger partial charge in [0.15, 0.2) is 0 Å². The van der Waals surface area contributed by atoms with Gasteiger partial charge in [0.2, 0.25) is 0 Å². The lowest BCUT2D eigenvalue weighted by molar-refractivity contribution is 1.18. The van der Waals surface area contributed by atoms with Gasteiger partial charge >= 0.3 is 0 Å². The minimum Gasteiger partial charge on any atom is -0.311 e. The molecule has 12 rings (SSSR count). The van der Waals surface area contributed by atoms with Gasteiger partial charge in [-0.3, -0.25) is 0 Å². The highest BCUT2D eigenvalue weighted by molar-refractivity contribution is 6.10. The van der Waals surface area contributed by atoms with Crippen LogP contribution in [0.4, 0.5) is 17.1 Å². The summed E-state index contributed by atoms with van der Waals surface area (Å²) in [4.78, 5) is 2.36. The Morgan fingerprint density at radius 1 is 0.242 bits per heavy atom. The van der Waals surface area contributed by atoms with E-state index < -0.39 is 0 Å². The molecule has 0 spiro atoms. The number of rotatable bonds is 9. The smallest absolute Gasteiger partial charge is 0.0541 e. The molecule has 0 amide bonds. The van der Waals surface area contributed by atoms with Crippen LogP contribution in [0, 0.1) is 0 Å². The number of benzene rings is 11. The van der Waals surface area contributed by atoms with E-state index in [-0.39, 0.29) is 0 Å². The number of fused-ring (bicyclic) bond motifs is 4. The molecule has 310 valence electrons. The van der Waals surface area contributed by atoms with E-state index in [2.05, 4.69) is 276 Å². The van der Waals surface area contributed by atoms with Crippen molar-refractivity contribution in [1.29, 1.82) is 0 Å². The van der Waals surface area contributed by atoms with Crippen LogP contribution in [0.15, 0.2) is 267 Å². The highest BCUT2D eigenvalue weighted by atomic mass is 15.1. The Morgan fingerprint density at radius 2 is 0.667 bits per heavy atom. The van der Waals surface area contributed by atoms with E-state index in [1.165, 1.54) is 82.6 Å². The predicted octanol–water partition coefficient (Wildman–Crippen LogP) is 17.7. The summed E-state index contributed by atoms with van der Waals surface area (Å²) in [7, 11) is 0. The molecule has 0 N–H and O–H groups in total. The Labute approximate surface area is 385 Å². The molecule has 0 bridgehead atoms. The van der Waals surface area contributed by atoms with E-state index in [0.29, 0.717) is 0 Å². The van der Waals surface area contributed by atoms with E-state index >= 15 is 0 Å². The van der Waals surface area contributed by atoms with Crippen molar-refractivity contribution in [3.8, 4) is 61.3 Å². The van der Waals surface area contributed by atoms with Crippen LogP contribution in [0.5, 0.6) is 0 Å². The van der Waals surface area contributed by atoms with Gasteiger partial charge in [0, 0.05) is 33.4 Å². The molecule has 0 aliphatic carbocycles. The molecule has 0 aliphatic heterocycles. The quantitative estimate of drug-likeness (QED) is 0.141. The van der Waals surface area contributed by atoms with Gasteiger partial charge in [0.05, 0.1) is 16.7 Å². The molecule has 0 saturated heterocycles. The molecule has 1 aromatic heterocycles.